The van der Waals surface area contributed by atoms with Gasteiger partial charge in [0.15, 0.2) is 11.0 Å². The van der Waals surface area contributed by atoms with Crippen LogP contribution < -0.4 is 5.32 Å². The minimum absolute atomic E-state index is 0.0311. The fourth-order valence-electron chi connectivity index (χ4n) is 4.02. The second kappa shape index (κ2) is 9.57. The molecule has 1 aliphatic carbocycles. The van der Waals surface area contributed by atoms with E-state index in [1.54, 1.807) is 0 Å². The standard InChI is InChI=1S/C24H30N4OS2/c1-5-28-23(20-13-30-21-12-16(4)6-11-19(20)21)26-27-24(28)31-14-22(29)25-18-9-7-17(8-10-18)15(2)3/h7-10,13,15-16H,5-6,11-12,14H2,1-4H3,(H,25,29). The lowest BCUT2D eigenvalue weighted by molar-refractivity contribution is -0.113. The summed E-state index contributed by atoms with van der Waals surface area (Å²) in [6, 6.07) is 8.06. The Morgan fingerprint density at radius 1 is 1.29 bits per heavy atom. The van der Waals surface area contributed by atoms with Gasteiger partial charge in [-0.1, -0.05) is 44.7 Å². The molecule has 1 unspecified atom stereocenters. The molecule has 7 heteroatoms. The molecule has 3 aromatic rings. The Morgan fingerprint density at radius 2 is 2.06 bits per heavy atom. The first-order valence-electron chi connectivity index (χ1n) is 11.0. The zero-order valence-electron chi connectivity index (χ0n) is 18.6. The van der Waals surface area contributed by atoms with E-state index in [4.69, 9.17) is 0 Å². The molecule has 0 aliphatic heterocycles. The van der Waals surface area contributed by atoms with Crippen molar-refractivity contribution in [1.29, 1.82) is 0 Å². The van der Waals surface area contributed by atoms with Crippen LogP contribution in [0.5, 0.6) is 0 Å². The van der Waals surface area contributed by atoms with Crippen molar-refractivity contribution in [2.75, 3.05) is 11.1 Å². The monoisotopic (exact) mass is 454 g/mol. The average molecular weight is 455 g/mol. The molecule has 0 saturated heterocycles. The highest BCUT2D eigenvalue weighted by atomic mass is 32.2. The number of nitrogens with one attached hydrogen (secondary N) is 1. The van der Waals surface area contributed by atoms with Crippen molar-refractivity contribution >= 4 is 34.7 Å². The van der Waals surface area contributed by atoms with E-state index in [2.05, 4.69) is 65.3 Å². The number of carbonyl (C=O) groups excluding carboxylic acids is 1. The average Bonchev–Trinajstić information content (AvgIpc) is 3.35. The smallest absolute Gasteiger partial charge is 0.234 e. The first kappa shape index (κ1) is 22.1. The molecule has 31 heavy (non-hydrogen) atoms. The molecule has 2 aromatic heterocycles. The van der Waals surface area contributed by atoms with Gasteiger partial charge in [-0.3, -0.25) is 4.79 Å². The summed E-state index contributed by atoms with van der Waals surface area (Å²) in [5.41, 5.74) is 4.76. The molecule has 0 bridgehead atoms. The molecule has 0 spiro atoms. The summed E-state index contributed by atoms with van der Waals surface area (Å²) in [7, 11) is 0. The Hall–Kier alpha value is -2.12. The van der Waals surface area contributed by atoms with Gasteiger partial charge >= 0.3 is 0 Å². The maximum atomic E-state index is 12.5. The van der Waals surface area contributed by atoms with Gasteiger partial charge in [0, 0.05) is 28.1 Å². The Morgan fingerprint density at radius 3 is 2.77 bits per heavy atom. The van der Waals surface area contributed by atoms with Gasteiger partial charge < -0.3 is 9.88 Å². The number of thiophene rings is 1. The van der Waals surface area contributed by atoms with Crippen LogP contribution in [0.15, 0.2) is 34.8 Å². The van der Waals surface area contributed by atoms with E-state index in [-0.39, 0.29) is 5.91 Å². The lowest BCUT2D eigenvalue weighted by Crippen LogP contribution is -2.14. The van der Waals surface area contributed by atoms with Gasteiger partial charge in [0.05, 0.1) is 5.75 Å². The lowest BCUT2D eigenvalue weighted by atomic mass is 9.88. The number of aromatic nitrogens is 3. The molecule has 1 N–H and O–H groups in total. The van der Waals surface area contributed by atoms with E-state index >= 15 is 0 Å². The van der Waals surface area contributed by atoms with Gasteiger partial charge in [0.2, 0.25) is 5.91 Å². The van der Waals surface area contributed by atoms with Crippen LogP contribution >= 0.6 is 23.1 Å². The number of nitrogens with zero attached hydrogens (tertiary/aromatic N) is 3. The van der Waals surface area contributed by atoms with Gasteiger partial charge in [-0.15, -0.1) is 21.5 Å². The molecule has 1 aliphatic rings. The van der Waals surface area contributed by atoms with Crippen molar-refractivity contribution in [2.45, 2.75) is 64.6 Å². The van der Waals surface area contributed by atoms with Crippen molar-refractivity contribution < 1.29 is 4.79 Å². The predicted octanol–water partition coefficient (Wildman–Crippen LogP) is 6.01. The Balaban J connectivity index is 1.43. The molecule has 4 rings (SSSR count). The molecule has 1 amide bonds. The summed E-state index contributed by atoms with van der Waals surface area (Å²) in [5.74, 6) is 2.45. The van der Waals surface area contributed by atoms with E-state index < -0.39 is 0 Å². The van der Waals surface area contributed by atoms with Crippen molar-refractivity contribution in [3.05, 3.63) is 45.6 Å². The second-order valence-corrected chi connectivity index (χ2v) is 10.5. The number of fused-ring (bicyclic) bond motifs is 1. The molecular formula is C24H30N4OS2. The number of anilines is 1. The summed E-state index contributed by atoms with van der Waals surface area (Å²) >= 11 is 3.29. The molecular weight excluding hydrogens is 424 g/mol. The number of rotatable bonds is 7. The molecule has 1 atom stereocenters. The third-order valence-corrected chi connectivity index (χ3v) is 7.89. The van der Waals surface area contributed by atoms with Crippen molar-refractivity contribution in [3.8, 4) is 11.4 Å². The summed E-state index contributed by atoms with van der Waals surface area (Å²) in [4.78, 5) is 14.0. The van der Waals surface area contributed by atoms with Crippen LogP contribution in [-0.2, 0) is 24.2 Å². The van der Waals surface area contributed by atoms with E-state index in [1.165, 1.54) is 46.2 Å². The lowest BCUT2D eigenvalue weighted by Gasteiger charge is -2.19. The van der Waals surface area contributed by atoms with Gasteiger partial charge in [0.25, 0.3) is 0 Å². The Bertz CT molecular complexity index is 1050. The molecule has 164 valence electrons. The van der Waals surface area contributed by atoms with Gasteiger partial charge in [0.1, 0.15) is 0 Å². The highest BCUT2D eigenvalue weighted by Crippen LogP contribution is 2.38. The van der Waals surface area contributed by atoms with Gasteiger partial charge in [-0.05, 0) is 61.3 Å². The number of benzene rings is 1. The zero-order valence-corrected chi connectivity index (χ0v) is 20.3. The molecule has 2 heterocycles. The SMILES string of the molecule is CCn1c(SCC(=O)Nc2ccc(C(C)C)cc2)nnc1-c1csc2c1CCC(C)C2. The number of thioether (sulfide) groups is 1. The Labute approximate surface area is 192 Å². The number of carbonyl (C=O) groups is 1. The summed E-state index contributed by atoms with van der Waals surface area (Å²) < 4.78 is 2.13. The molecule has 1 aromatic carbocycles. The van der Waals surface area contributed by atoms with Crippen LogP contribution in [0.1, 0.15) is 56.0 Å². The number of amides is 1. The molecule has 5 nitrogen and oxygen atoms in total. The topological polar surface area (TPSA) is 59.8 Å². The molecule has 0 saturated carbocycles. The van der Waals surface area contributed by atoms with E-state index in [1.807, 2.05) is 23.5 Å². The maximum absolute atomic E-state index is 12.5. The van der Waals surface area contributed by atoms with Crippen LogP contribution in [0, 0.1) is 5.92 Å². The van der Waals surface area contributed by atoms with Gasteiger partial charge in [-0.2, -0.15) is 0 Å². The second-order valence-electron chi connectivity index (χ2n) is 8.56. The van der Waals surface area contributed by atoms with Crippen LogP contribution in [0.2, 0.25) is 0 Å². The summed E-state index contributed by atoms with van der Waals surface area (Å²) in [6.07, 6.45) is 3.52. The van der Waals surface area contributed by atoms with Crippen LogP contribution in [0.25, 0.3) is 11.4 Å². The maximum Gasteiger partial charge on any atom is 0.234 e. The fraction of sp³-hybridized carbons (Fsp3) is 0.458. The highest BCUT2D eigenvalue weighted by molar-refractivity contribution is 7.99. The molecule has 0 fully saturated rings. The van der Waals surface area contributed by atoms with E-state index in [0.717, 1.165) is 35.6 Å². The van der Waals surface area contributed by atoms with E-state index in [9.17, 15) is 4.79 Å². The third kappa shape index (κ3) is 4.88. The van der Waals surface area contributed by atoms with Crippen LogP contribution in [-0.4, -0.2) is 26.4 Å². The summed E-state index contributed by atoms with van der Waals surface area (Å²) in [6.45, 7) is 9.54. The van der Waals surface area contributed by atoms with Crippen molar-refractivity contribution in [2.24, 2.45) is 5.92 Å². The summed E-state index contributed by atoms with van der Waals surface area (Å²) in [5, 5.41) is 14.9. The van der Waals surface area contributed by atoms with Gasteiger partial charge in [-0.25, -0.2) is 0 Å². The first-order chi connectivity index (χ1) is 15.0. The zero-order chi connectivity index (χ0) is 22.0. The third-order valence-electron chi connectivity index (χ3n) is 5.87. The predicted molar refractivity (Wildman–Crippen MR) is 130 cm³/mol. The van der Waals surface area contributed by atoms with Crippen LogP contribution in [0.3, 0.4) is 0 Å². The molecule has 0 radical (unpaired) electrons. The normalized spacial score (nSPS) is 15.8. The number of hydrogen-bond donors (Lipinski definition) is 1. The first-order valence-corrected chi connectivity index (χ1v) is 12.9. The minimum atomic E-state index is -0.0311. The number of hydrogen-bond acceptors (Lipinski definition) is 5. The van der Waals surface area contributed by atoms with E-state index in [0.29, 0.717) is 11.7 Å². The fourth-order valence-corrected chi connectivity index (χ4v) is 6.07. The largest absolute Gasteiger partial charge is 0.325 e. The minimum Gasteiger partial charge on any atom is -0.325 e. The highest BCUT2D eigenvalue weighted by Gasteiger charge is 2.24. The Kier molecular flexibility index (Phi) is 6.82. The quantitative estimate of drug-likeness (QED) is 0.444. The van der Waals surface area contributed by atoms with Crippen molar-refractivity contribution in [1.82, 2.24) is 14.8 Å². The van der Waals surface area contributed by atoms with Crippen LogP contribution in [0.4, 0.5) is 5.69 Å². The van der Waals surface area contributed by atoms with Crippen molar-refractivity contribution in [3.63, 3.8) is 0 Å².